The van der Waals surface area contributed by atoms with E-state index in [1.54, 1.807) is 0 Å². The number of nitrogens with two attached hydrogens (primary N) is 1. The number of sulfone groups is 1. The van der Waals surface area contributed by atoms with Gasteiger partial charge in [0.05, 0.1) is 10.6 Å². The number of nitrogens with one attached hydrogen (secondary N) is 1. The lowest BCUT2D eigenvalue weighted by Crippen LogP contribution is -2.30. The van der Waals surface area contributed by atoms with Crippen molar-refractivity contribution < 1.29 is 21.2 Å². The van der Waals surface area contributed by atoms with Crippen LogP contribution >= 0.6 is 0 Å². The number of benzene rings is 1. The molecule has 0 saturated carbocycles. The number of halogens is 1. The summed E-state index contributed by atoms with van der Waals surface area (Å²) in [6, 6.07) is 3.57. The number of hydrogen-bond donors (Lipinski definition) is 2. The predicted molar refractivity (Wildman–Crippen MR) is 69.2 cm³/mol. The molecule has 0 amide bonds. The molecule has 1 aromatic carbocycles. The molecule has 9 heteroatoms. The molecule has 0 unspecified atom stereocenters. The van der Waals surface area contributed by atoms with Gasteiger partial charge < -0.3 is 5.73 Å². The van der Waals surface area contributed by atoms with Crippen LogP contribution in [0.4, 0.5) is 4.39 Å². The highest BCUT2D eigenvalue weighted by Crippen LogP contribution is 2.18. The lowest BCUT2D eigenvalue weighted by molar-refractivity contribution is 0.572. The fourth-order valence-electron chi connectivity index (χ4n) is 1.43. The Balaban J connectivity index is 2.98. The molecule has 6 nitrogen and oxygen atoms in total. The highest BCUT2D eigenvalue weighted by Gasteiger charge is 2.20. The molecule has 0 atom stereocenters. The Bertz CT molecular complexity index is 656. The van der Waals surface area contributed by atoms with E-state index in [4.69, 9.17) is 5.73 Å². The Labute approximate surface area is 111 Å². The van der Waals surface area contributed by atoms with E-state index in [-0.39, 0.29) is 29.3 Å². The van der Waals surface area contributed by atoms with Gasteiger partial charge in [0, 0.05) is 24.9 Å². The van der Waals surface area contributed by atoms with Crippen molar-refractivity contribution in [2.24, 2.45) is 5.73 Å². The van der Waals surface area contributed by atoms with E-state index in [2.05, 4.69) is 4.72 Å². The zero-order valence-electron chi connectivity index (χ0n) is 10.3. The van der Waals surface area contributed by atoms with Crippen molar-refractivity contribution in [3.05, 3.63) is 29.6 Å². The van der Waals surface area contributed by atoms with Crippen LogP contribution in [0.1, 0.15) is 5.56 Å². The van der Waals surface area contributed by atoms with Crippen molar-refractivity contribution in [2.45, 2.75) is 11.4 Å². The molecule has 108 valence electrons. The molecule has 0 heterocycles. The first-order valence-corrected chi connectivity index (χ1v) is 8.86. The van der Waals surface area contributed by atoms with Crippen molar-refractivity contribution in [2.75, 3.05) is 18.6 Å². The summed E-state index contributed by atoms with van der Waals surface area (Å²) >= 11 is 0. The molecule has 0 aromatic heterocycles. The van der Waals surface area contributed by atoms with Gasteiger partial charge in [-0.3, -0.25) is 0 Å². The van der Waals surface area contributed by atoms with Gasteiger partial charge in [0.15, 0.2) is 0 Å². The molecule has 19 heavy (non-hydrogen) atoms. The molecule has 3 N–H and O–H groups in total. The molecule has 0 aliphatic carbocycles. The van der Waals surface area contributed by atoms with Crippen LogP contribution < -0.4 is 10.5 Å². The summed E-state index contributed by atoms with van der Waals surface area (Å²) in [7, 11) is -7.26. The highest BCUT2D eigenvalue weighted by atomic mass is 32.2. The third-order valence-electron chi connectivity index (χ3n) is 2.33. The van der Waals surface area contributed by atoms with E-state index in [0.29, 0.717) is 0 Å². The summed E-state index contributed by atoms with van der Waals surface area (Å²) in [5.41, 5.74) is 5.19. The van der Waals surface area contributed by atoms with Crippen LogP contribution in [0.5, 0.6) is 0 Å². The van der Waals surface area contributed by atoms with E-state index in [1.807, 2.05) is 0 Å². The average Bonchev–Trinajstić information content (AvgIpc) is 2.26. The Morgan fingerprint density at radius 3 is 2.42 bits per heavy atom. The molecular weight excluding hydrogens is 295 g/mol. The first kappa shape index (κ1) is 16.0. The van der Waals surface area contributed by atoms with Crippen molar-refractivity contribution in [1.82, 2.24) is 4.72 Å². The third kappa shape index (κ3) is 4.53. The predicted octanol–water partition coefficient (Wildman–Crippen LogP) is -0.393. The summed E-state index contributed by atoms with van der Waals surface area (Å²) in [6.45, 7) is -0.545. The van der Waals surface area contributed by atoms with E-state index in [1.165, 1.54) is 12.1 Å². The lowest BCUT2D eigenvalue weighted by Gasteiger charge is -2.10. The van der Waals surface area contributed by atoms with Crippen LogP contribution in [0.25, 0.3) is 0 Å². The highest BCUT2D eigenvalue weighted by molar-refractivity contribution is 7.91. The maximum atomic E-state index is 13.4. The molecule has 0 fully saturated rings. The molecule has 0 spiro atoms. The molecular formula is C10H15FN2O4S2. The van der Waals surface area contributed by atoms with Crippen LogP contribution in [0.15, 0.2) is 23.1 Å². The quantitative estimate of drug-likeness (QED) is 0.744. The van der Waals surface area contributed by atoms with Gasteiger partial charge in [-0.15, -0.1) is 0 Å². The van der Waals surface area contributed by atoms with E-state index in [0.717, 1.165) is 12.3 Å². The number of rotatable bonds is 6. The van der Waals surface area contributed by atoms with Gasteiger partial charge in [-0.25, -0.2) is 25.9 Å². The second kappa shape index (κ2) is 5.95. The summed E-state index contributed by atoms with van der Waals surface area (Å²) in [6.07, 6.45) is 0.995. The summed E-state index contributed by atoms with van der Waals surface area (Å²) < 4.78 is 61.2. The van der Waals surface area contributed by atoms with Gasteiger partial charge in [0.2, 0.25) is 10.0 Å². The first-order valence-electron chi connectivity index (χ1n) is 5.32. The SMILES string of the molecule is CS(=O)(=O)CCNS(=O)(=O)c1cccc(F)c1CN. The Morgan fingerprint density at radius 1 is 1.26 bits per heavy atom. The molecule has 0 aliphatic heterocycles. The fraction of sp³-hybridized carbons (Fsp3) is 0.400. The largest absolute Gasteiger partial charge is 0.326 e. The minimum absolute atomic E-state index is 0.130. The average molecular weight is 310 g/mol. The smallest absolute Gasteiger partial charge is 0.241 e. The van der Waals surface area contributed by atoms with Gasteiger partial charge in [-0.1, -0.05) is 6.07 Å². The van der Waals surface area contributed by atoms with Crippen molar-refractivity contribution in [3.8, 4) is 0 Å². The van der Waals surface area contributed by atoms with Gasteiger partial charge in [0.1, 0.15) is 15.7 Å². The summed E-state index contributed by atoms with van der Waals surface area (Å²) in [4.78, 5) is -0.275. The minimum Gasteiger partial charge on any atom is -0.326 e. The van der Waals surface area contributed by atoms with Crippen LogP contribution in [-0.2, 0) is 26.4 Å². The Hall–Kier alpha value is -1.03. The second-order valence-corrected chi connectivity index (χ2v) is 7.94. The zero-order valence-corrected chi connectivity index (χ0v) is 11.9. The van der Waals surface area contributed by atoms with Crippen molar-refractivity contribution in [3.63, 3.8) is 0 Å². The maximum Gasteiger partial charge on any atom is 0.241 e. The van der Waals surface area contributed by atoms with Crippen LogP contribution in [-0.4, -0.2) is 35.4 Å². The molecule has 1 rings (SSSR count). The zero-order chi connectivity index (χ0) is 14.7. The minimum atomic E-state index is -3.98. The Kier molecular flexibility index (Phi) is 5.02. The van der Waals surface area contributed by atoms with Crippen LogP contribution in [0.3, 0.4) is 0 Å². The van der Waals surface area contributed by atoms with Gasteiger partial charge in [-0.2, -0.15) is 0 Å². The fourth-order valence-corrected chi connectivity index (χ4v) is 3.32. The molecule has 0 bridgehead atoms. The van der Waals surface area contributed by atoms with E-state index in [9.17, 15) is 21.2 Å². The normalized spacial score (nSPS) is 12.6. The summed E-state index contributed by atoms with van der Waals surface area (Å²) in [5, 5.41) is 0. The lowest BCUT2D eigenvalue weighted by atomic mass is 10.2. The standard InChI is InChI=1S/C10H15FN2O4S2/c1-18(14,15)6-5-13-19(16,17)10-4-2-3-9(11)8(10)7-12/h2-4,13H,5-7,12H2,1H3. The topological polar surface area (TPSA) is 106 Å². The van der Waals surface area contributed by atoms with Crippen LogP contribution in [0, 0.1) is 5.82 Å². The third-order valence-corrected chi connectivity index (χ3v) is 4.83. The van der Waals surface area contributed by atoms with E-state index < -0.39 is 25.7 Å². The monoisotopic (exact) mass is 310 g/mol. The van der Waals surface area contributed by atoms with Gasteiger partial charge >= 0.3 is 0 Å². The van der Waals surface area contributed by atoms with Gasteiger partial charge in [0.25, 0.3) is 0 Å². The van der Waals surface area contributed by atoms with Crippen molar-refractivity contribution in [1.29, 1.82) is 0 Å². The second-order valence-electron chi connectivity index (χ2n) is 3.95. The summed E-state index contributed by atoms with van der Waals surface area (Å²) in [5.74, 6) is -1.05. The maximum absolute atomic E-state index is 13.4. The first-order chi connectivity index (χ1) is 8.67. The molecule has 0 aliphatic rings. The van der Waals surface area contributed by atoms with Crippen LogP contribution in [0.2, 0.25) is 0 Å². The molecule has 0 radical (unpaired) electrons. The Morgan fingerprint density at radius 2 is 1.89 bits per heavy atom. The molecule has 0 saturated heterocycles. The molecule has 1 aromatic rings. The van der Waals surface area contributed by atoms with Gasteiger partial charge in [-0.05, 0) is 12.1 Å². The number of sulfonamides is 1. The van der Waals surface area contributed by atoms with Crippen molar-refractivity contribution >= 4 is 19.9 Å². The number of hydrogen-bond acceptors (Lipinski definition) is 5. The van der Waals surface area contributed by atoms with E-state index >= 15 is 0 Å².